The first-order valence-electron chi connectivity index (χ1n) is 6.50. The molecule has 0 bridgehead atoms. The Labute approximate surface area is 115 Å². The number of pyridine rings is 1. The van der Waals surface area contributed by atoms with Gasteiger partial charge in [-0.15, -0.1) is 0 Å². The Balaban J connectivity index is 0.000000861. The van der Waals surface area contributed by atoms with Crippen LogP contribution in [0.15, 0.2) is 36.5 Å². The van der Waals surface area contributed by atoms with Crippen LogP contribution < -0.4 is 5.32 Å². The summed E-state index contributed by atoms with van der Waals surface area (Å²) in [7, 11) is 1.86. The van der Waals surface area contributed by atoms with Gasteiger partial charge in [-0.25, -0.2) is 0 Å². The molecule has 0 fully saturated rings. The van der Waals surface area contributed by atoms with E-state index in [9.17, 15) is 0 Å². The molecule has 1 aromatic carbocycles. The largest absolute Gasteiger partial charge is 0.388 e. The molecule has 0 spiro atoms. The van der Waals surface area contributed by atoms with Crippen molar-refractivity contribution in [3.8, 4) is 11.3 Å². The molecule has 0 radical (unpaired) electrons. The summed E-state index contributed by atoms with van der Waals surface area (Å²) < 4.78 is 0. The van der Waals surface area contributed by atoms with Crippen LogP contribution in [0.25, 0.3) is 11.3 Å². The molecule has 0 aliphatic heterocycles. The topological polar surface area (TPSA) is 48.8 Å². The highest BCUT2D eigenvalue weighted by Crippen LogP contribution is 2.23. The molecule has 0 aliphatic carbocycles. The summed E-state index contributed by atoms with van der Waals surface area (Å²) in [4.78, 5) is 4.36. The van der Waals surface area contributed by atoms with Gasteiger partial charge in [0.05, 0.1) is 5.69 Å². The van der Waals surface area contributed by atoms with Crippen LogP contribution in [0.2, 0.25) is 0 Å². The highest BCUT2D eigenvalue weighted by atomic mass is 14.8. The van der Waals surface area contributed by atoms with Gasteiger partial charge in [0.2, 0.25) is 0 Å². The number of aryl methyl sites for hydroxylation is 1. The molecular weight excluding hydrogens is 234 g/mol. The first-order valence-corrected chi connectivity index (χ1v) is 6.50. The van der Waals surface area contributed by atoms with Gasteiger partial charge < -0.3 is 10.7 Å². The zero-order chi connectivity index (χ0) is 14.3. The van der Waals surface area contributed by atoms with Gasteiger partial charge in [-0.05, 0) is 30.7 Å². The molecule has 0 saturated carbocycles. The van der Waals surface area contributed by atoms with Gasteiger partial charge in [0.25, 0.3) is 0 Å². The molecule has 2 N–H and O–H groups in total. The average molecular weight is 255 g/mol. The Kier molecular flexibility index (Phi) is 5.73. The number of nitrogens with zero attached hydrogens (tertiary/aromatic N) is 1. The summed E-state index contributed by atoms with van der Waals surface area (Å²) in [6, 6.07) is 9.97. The molecule has 19 heavy (non-hydrogen) atoms. The van der Waals surface area contributed by atoms with E-state index < -0.39 is 0 Å². The van der Waals surface area contributed by atoms with Gasteiger partial charge in [-0.3, -0.25) is 4.98 Å². The van der Waals surface area contributed by atoms with Crippen molar-refractivity contribution in [3.05, 3.63) is 47.7 Å². The number of hydrogen-bond donors (Lipinski definition) is 2. The van der Waals surface area contributed by atoms with Gasteiger partial charge in [-0.1, -0.05) is 26.0 Å². The van der Waals surface area contributed by atoms with Gasteiger partial charge in [0.15, 0.2) is 0 Å². The van der Waals surface area contributed by atoms with Crippen LogP contribution in [0.1, 0.15) is 25.0 Å². The van der Waals surface area contributed by atoms with E-state index in [0.717, 1.165) is 22.5 Å². The van der Waals surface area contributed by atoms with Gasteiger partial charge in [0.1, 0.15) is 0 Å². The van der Waals surface area contributed by atoms with Crippen molar-refractivity contribution in [2.75, 3.05) is 12.4 Å². The van der Waals surface area contributed by atoms with E-state index in [4.69, 9.17) is 5.41 Å². The normalized spacial score (nSPS) is 9.26. The second kappa shape index (κ2) is 7.31. The minimum absolute atomic E-state index is 0.879. The Bertz CT molecular complexity index is 547. The van der Waals surface area contributed by atoms with Crippen molar-refractivity contribution in [1.82, 2.24) is 4.98 Å². The molecule has 100 valence electrons. The van der Waals surface area contributed by atoms with Gasteiger partial charge in [-0.2, -0.15) is 0 Å². The number of hydrogen-bond acceptors (Lipinski definition) is 3. The fourth-order valence-corrected chi connectivity index (χ4v) is 1.75. The Morgan fingerprint density at radius 1 is 1.16 bits per heavy atom. The second-order valence-electron chi connectivity index (χ2n) is 3.91. The first kappa shape index (κ1) is 14.9. The zero-order valence-electron chi connectivity index (χ0n) is 12.0. The summed E-state index contributed by atoms with van der Waals surface area (Å²) >= 11 is 0. The Hall–Kier alpha value is -2.16. The molecular formula is C16H21N3. The minimum Gasteiger partial charge on any atom is -0.388 e. The Morgan fingerprint density at radius 3 is 2.47 bits per heavy atom. The van der Waals surface area contributed by atoms with Crippen molar-refractivity contribution < 1.29 is 0 Å². The van der Waals surface area contributed by atoms with Crippen molar-refractivity contribution in [2.45, 2.75) is 20.8 Å². The van der Waals surface area contributed by atoms with Crippen LogP contribution in [0.3, 0.4) is 0 Å². The molecule has 2 rings (SSSR count). The molecule has 0 atom stereocenters. The van der Waals surface area contributed by atoms with Gasteiger partial charge in [0, 0.05) is 36.3 Å². The standard InChI is InChI=1S/C14H15N3.C2H6/c1-10-5-6-17-14(7-10)11-3-4-12(9-15)13(8-11)16-2;1-2/h3-9,15-16H,1-2H3;1-2H3. The van der Waals surface area contributed by atoms with E-state index in [2.05, 4.69) is 23.3 Å². The lowest BCUT2D eigenvalue weighted by Gasteiger charge is -2.08. The van der Waals surface area contributed by atoms with Gasteiger partial charge >= 0.3 is 0 Å². The van der Waals surface area contributed by atoms with Crippen molar-refractivity contribution in [2.24, 2.45) is 0 Å². The molecule has 0 saturated heterocycles. The highest BCUT2D eigenvalue weighted by molar-refractivity contribution is 5.87. The van der Waals surface area contributed by atoms with E-state index in [-0.39, 0.29) is 0 Å². The fraction of sp³-hybridized carbons (Fsp3) is 0.250. The number of benzene rings is 1. The molecule has 0 amide bonds. The average Bonchev–Trinajstić information content (AvgIpc) is 2.48. The summed E-state index contributed by atoms with van der Waals surface area (Å²) in [6.07, 6.45) is 3.16. The molecule has 1 aromatic heterocycles. The molecule has 3 nitrogen and oxygen atoms in total. The van der Waals surface area contributed by atoms with E-state index >= 15 is 0 Å². The maximum absolute atomic E-state index is 7.32. The van der Waals surface area contributed by atoms with Crippen LogP contribution in [-0.2, 0) is 0 Å². The monoisotopic (exact) mass is 255 g/mol. The van der Waals surface area contributed by atoms with Crippen molar-refractivity contribution in [1.29, 1.82) is 5.41 Å². The smallest absolute Gasteiger partial charge is 0.0705 e. The Morgan fingerprint density at radius 2 is 1.89 bits per heavy atom. The number of rotatable bonds is 3. The molecule has 0 aliphatic rings. The predicted molar refractivity (Wildman–Crippen MR) is 83.2 cm³/mol. The molecule has 1 heterocycles. The maximum Gasteiger partial charge on any atom is 0.0705 e. The maximum atomic E-state index is 7.32. The third-order valence-corrected chi connectivity index (χ3v) is 2.69. The molecule has 0 unspecified atom stereocenters. The van der Waals surface area contributed by atoms with E-state index in [0.29, 0.717) is 0 Å². The lowest BCUT2D eigenvalue weighted by Crippen LogP contribution is -1.95. The van der Waals surface area contributed by atoms with E-state index in [1.54, 1.807) is 0 Å². The lowest BCUT2D eigenvalue weighted by molar-refractivity contribution is 1.28. The second-order valence-corrected chi connectivity index (χ2v) is 3.91. The zero-order valence-corrected chi connectivity index (χ0v) is 12.0. The number of anilines is 1. The van der Waals surface area contributed by atoms with Crippen LogP contribution >= 0.6 is 0 Å². The summed E-state index contributed by atoms with van der Waals surface area (Å²) in [5.41, 5.74) is 5.03. The molecule has 3 heteroatoms. The van der Waals surface area contributed by atoms with Crippen LogP contribution in [0, 0.1) is 12.3 Å². The summed E-state index contributed by atoms with van der Waals surface area (Å²) in [5, 5.41) is 10.4. The quantitative estimate of drug-likeness (QED) is 0.810. The predicted octanol–water partition coefficient (Wildman–Crippen LogP) is 4.12. The van der Waals surface area contributed by atoms with Crippen LogP contribution in [0.5, 0.6) is 0 Å². The third-order valence-electron chi connectivity index (χ3n) is 2.69. The summed E-state index contributed by atoms with van der Waals surface area (Å²) in [6.45, 7) is 6.05. The SMILES string of the molecule is CC.CNc1cc(-c2cc(C)ccn2)ccc1C=N. The minimum atomic E-state index is 0.879. The molecule has 2 aromatic rings. The van der Waals surface area contributed by atoms with Crippen LogP contribution in [0.4, 0.5) is 5.69 Å². The fourth-order valence-electron chi connectivity index (χ4n) is 1.75. The lowest BCUT2D eigenvalue weighted by atomic mass is 10.1. The van der Waals surface area contributed by atoms with E-state index in [1.165, 1.54) is 11.8 Å². The van der Waals surface area contributed by atoms with E-state index in [1.807, 2.05) is 51.4 Å². The summed E-state index contributed by atoms with van der Waals surface area (Å²) in [5.74, 6) is 0. The van der Waals surface area contributed by atoms with Crippen molar-refractivity contribution >= 4 is 11.9 Å². The highest BCUT2D eigenvalue weighted by Gasteiger charge is 2.03. The van der Waals surface area contributed by atoms with Crippen molar-refractivity contribution in [3.63, 3.8) is 0 Å². The number of nitrogens with one attached hydrogen (secondary N) is 2. The first-order chi connectivity index (χ1) is 9.24. The third kappa shape index (κ3) is 3.65. The number of aromatic nitrogens is 1. The van der Waals surface area contributed by atoms with Crippen LogP contribution in [-0.4, -0.2) is 18.2 Å².